The molecule has 416 valence electrons. The van der Waals surface area contributed by atoms with E-state index in [0.29, 0.717) is 0 Å². The molecule has 0 aliphatic rings. The predicted octanol–water partition coefficient (Wildman–Crippen LogP) is 1.47. The van der Waals surface area contributed by atoms with Crippen LogP contribution in [0.1, 0.15) is 58.0 Å². The monoisotopic (exact) mass is 1210 g/mol. The summed E-state index contributed by atoms with van der Waals surface area (Å²) in [6.45, 7) is 1.85. The van der Waals surface area contributed by atoms with Crippen molar-refractivity contribution in [2.45, 2.75) is 6.92 Å². The highest BCUT2D eigenvalue weighted by molar-refractivity contribution is 6.32. The Morgan fingerprint density at radius 2 is 0.815 bits per heavy atom. The van der Waals surface area contributed by atoms with E-state index >= 15 is 0 Å². The largest absolute Gasteiger partial charge is 0.476 e. The van der Waals surface area contributed by atoms with Gasteiger partial charge in [-0.3, -0.25) is 0 Å². The fraction of sp³-hybridized carbons (Fsp3) is 0.0263. The van der Waals surface area contributed by atoms with Crippen LogP contribution in [0.5, 0.6) is 0 Å². The third kappa shape index (κ3) is 14.5. The maximum Gasteiger partial charge on any atom is 0.358 e. The highest BCUT2D eigenvalue weighted by Gasteiger charge is 2.22. The third-order valence-electron chi connectivity index (χ3n) is 8.86. The molecule has 10 heterocycles. The third-order valence-corrected chi connectivity index (χ3v) is 10.1. The van der Waals surface area contributed by atoms with Crippen molar-refractivity contribution in [1.29, 1.82) is 0 Å². The highest BCUT2D eigenvalue weighted by atomic mass is 35.5. The lowest BCUT2D eigenvalue weighted by molar-refractivity contribution is 0.0680. The first-order valence-electron chi connectivity index (χ1n) is 20.8. The summed E-state index contributed by atoms with van der Waals surface area (Å²) < 4.78 is 5.19. The number of carboxylic acids is 5. The van der Waals surface area contributed by atoms with E-state index in [1.807, 2.05) is 6.92 Å². The minimum atomic E-state index is -1.30. The first kappa shape index (κ1) is 59.3. The van der Waals surface area contributed by atoms with E-state index in [1.165, 1.54) is 62.4 Å². The molecule has 43 heteroatoms. The lowest BCUT2D eigenvalue weighted by atomic mass is 10.4. The van der Waals surface area contributed by atoms with E-state index < -0.39 is 46.9 Å². The molecule has 81 heavy (non-hydrogen) atoms. The summed E-state index contributed by atoms with van der Waals surface area (Å²) in [7, 11) is 0. The maximum atomic E-state index is 10.8. The Hall–Kier alpha value is -11.0. The lowest BCUT2D eigenvalue weighted by Crippen LogP contribution is -2.12. The Morgan fingerprint density at radius 3 is 1.15 bits per heavy atom. The summed E-state index contributed by atoms with van der Waals surface area (Å²) >= 11 is 28.9. The van der Waals surface area contributed by atoms with Crippen molar-refractivity contribution in [1.82, 2.24) is 114 Å². The summed E-state index contributed by atoms with van der Waals surface area (Å²) in [6, 6.07) is 1.67. The molecule has 0 saturated carbocycles. The molecule has 10 aromatic heterocycles. The molecule has 38 nitrogen and oxygen atoms in total. The number of hydrogen-bond acceptors (Lipinski definition) is 28. The van der Waals surface area contributed by atoms with Crippen LogP contribution in [0.3, 0.4) is 0 Å². The quantitative estimate of drug-likeness (QED) is 0.0927. The lowest BCUT2D eigenvalue weighted by Gasteiger charge is -2.05. The molecule has 0 fully saturated rings. The molecule has 10 aromatic rings. The van der Waals surface area contributed by atoms with Gasteiger partial charge in [-0.2, -0.15) is 34.9 Å². The second-order valence-corrected chi connectivity index (χ2v) is 16.1. The molecule has 10 rings (SSSR count). The highest BCUT2D eigenvalue weighted by Crippen LogP contribution is 2.23. The van der Waals surface area contributed by atoms with Gasteiger partial charge in [0.05, 0.1) is 31.0 Å². The summed E-state index contributed by atoms with van der Waals surface area (Å²) in [5.41, 5.74) is 26.2. The van der Waals surface area contributed by atoms with E-state index in [0.717, 1.165) is 10.4 Å². The van der Waals surface area contributed by atoms with Gasteiger partial charge >= 0.3 is 29.8 Å². The van der Waals surface area contributed by atoms with Crippen LogP contribution in [0.25, 0.3) is 29.1 Å². The standard InChI is InChI=1S/C9H8ClN5O2.C8H6ClN5O2.3C7H5ClN6O2/c1-4-2-12-15(3-4)8-6(10)13-5(9(16)17)7(11)14-8;9-5-7(14-3-1-2-11-14)13-6(10)4(12-5)8(15)16;8-4-6(14-2-10-1-11-14)13-5(9)3(12-4)7(15)16;8-4-6(14-2-1-10-13-14)12-5(9)3(11-4)7(15)16;8-4-6(14-10-1-2-11-14)13-5(9)3(12-4)7(15)16/h2-3H,1H3,(H2,11,14)(H,16,17);1-3H,(H2,10,13)(H,15,16);1-2H,(H2,9,13)(H,15,16);1-2H,(H2,9,12)(H,15,16);1-2H,(H2,9,13)(H,15,16). The Bertz CT molecular complexity index is 3530. The number of halogens is 5. The number of carbonyl (C=O) groups is 5. The molecule has 0 bridgehead atoms. The molecule has 0 aliphatic carbocycles. The molecule has 0 spiro atoms. The molecular formula is C38H29Cl5N28O10. The van der Waals surface area contributed by atoms with Crippen LogP contribution in [-0.4, -0.2) is 170 Å². The van der Waals surface area contributed by atoms with Gasteiger partial charge < -0.3 is 54.2 Å². The van der Waals surface area contributed by atoms with Gasteiger partial charge in [0, 0.05) is 18.6 Å². The van der Waals surface area contributed by atoms with Crippen molar-refractivity contribution < 1.29 is 49.5 Å². The second-order valence-electron chi connectivity index (χ2n) is 14.3. The van der Waals surface area contributed by atoms with Crippen molar-refractivity contribution in [3.63, 3.8) is 0 Å². The number of aromatic nitrogens is 23. The molecule has 0 saturated heterocycles. The van der Waals surface area contributed by atoms with Gasteiger partial charge in [0.15, 0.2) is 107 Å². The Balaban J connectivity index is 0.000000163. The average molecular weight is 1220 g/mol. The minimum absolute atomic E-state index is 0.0697. The van der Waals surface area contributed by atoms with E-state index in [-0.39, 0.29) is 95.3 Å². The first-order valence-corrected chi connectivity index (χ1v) is 22.7. The molecule has 0 unspecified atom stereocenters. The Kier molecular flexibility index (Phi) is 19.0. The smallest absolute Gasteiger partial charge is 0.358 e. The molecule has 0 aliphatic heterocycles. The van der Waals surface area contributed by atoms with Crippen LogP contribution in [0.4, 0.5) is 29.1 Å². The van der Waals surface area contributed by atoms with E-state index in [1.54, 1.807) is 24.7 Å². The zero-order chi connectivity index (χ0) is 59.4. The van der Waals surface area contributed by atoms with Crippen LogP contribution in [0.15, 0.2) is 68.3 Å². The summed E-state index contributed by atoms with van der Waals surface area (Å²) in [5, 5.41) is 69.6. The SMILES string of the molecule is Cc1cnn(-c2nc(N)c(C(=O)O)nc2Cl)c1.Nc1nc(-n2cccn2)c(Cl)nc1C(=O)O.Nc1nc(-n2ccnn2)c(Cl)nc1C(=O)O.Nc1nc(-n2cncn2)c(Cl)nc1C(=O)O.Nc1nc(-n2nccn2)c(Cl)nc1C(=O)O. The van der Waals surface area contributed by atoms with Gasteiger partial charge in [0.25, 0.3) is 0 Å². The zero-order valence-corrected chi connectivity index (χ0v) is 43.5. The normalized spacial score (nSPS) is 10.3. The van der Waals surface area contributed by atoms with Crippen LogP contribution < -0.4 is 28.7 Å². The van der Waals surface area contributed by atoms with Crippen molar-refractivity contribution in [3.8, 4) is 29.1 Å². The molecule has 0 aromatic carbocycles. The van der Waals surface area contributed by atoms with Crippen LogP contribution in [0, 0.1) is 6.92 Å². The van der Waals surface area contributed by atoms with E-state index in [2.05, 4.69) is 90.6 Å². The zero-order valence-electron chi connectivity index (χ0n) is 39.7. The summed E-state index contributed by atoms with van der Waals surface area (Å²) in [6.07, 6.45) is 14.8. The number of hydrogen-bond donors (Lipinski definition) is 10. The molecule has 0 amide bonds. The van der Waals surface area contributed by atoms with Gasteiger partial charge in [-0.15, -0.1) is 9.90 Å². The van der Waals surface area contributed by atoms with Gasteiger partial charge in [-0.05, 0) is 18.6 Å². The van der Waals surface area contributed by atoms with Gasteiger partial charge in [0.1, 0.15) is 12.7 Å². The van der Waals surface area contributed by atoms with Crippen molar-refractivity contribution >= 4 is 117 Å². The Morgan fingerprint density at radius 1 is 0.432 bits per heavy atom. The molecule has 0 atom stereocenters. The van der Waals surface area contributed by atoms with Gasteiger partial charge in [-0.25, -0.2) is 88.2 Å². The number of nitrogen functional groups attached to an aromatic ring is 5. The summed E-state index contributed by atoms with van der Waals surface area (Å²) in [4.78, 5) is 95.6. The fourth-order valence-corrected chi connectivity index (χ4v) is 6.53. The first-order chi connectivity index (χ1) is 38.4. The Labute approximate surface area is 471 Å². The molecule has 15 N–H and O–H groups in total. The number of rotatable bonds is 10. The summed E-state index contributed by atoms with van der Waals surface area (Å²) in [5.74, 6) is -6.85. The second kappa shape index (κ2) is 25.9. The maximum absolute atomic E-state index is 10.8. The van der Waals surface area contributed by atoms with Crippen LogP contribution in [-0.2, 0) is 0 Å². The molecular weight excluding hydrogens is 1190 g/mol. The van der Waals surface area contributed by atoms with Crippen molar-refractivity contribution in [2.24, 2.45) is 0 Å². The number of aryl methyl sites for hydroxylation is 1. The predicted molar refractivity (Wildman–Crippen MR) is 276 cm³/mol. The number of carboxylic acid groups (broad SMARTS) is 5. The van der Waals surface area contributed by atoms with Crippen molar-refractivity contribution in [3.05, 3.63) is 128 Å². The topological polar surface area (TPSA) is 573 Å². The number of aromatic carboxylic acids is 5. The fourth-order valence-electron chi connectivity index (χ4n) is 5.48. The van der Waals surface area contributed by atoms with E-state index in [9.17, 15) is 24.0 Å². The van der Waals surface area contributed by atoms with Gasteiger partial charge in [-0.1, -0.05) is 63.2 Å². The number of anilines is 5. The number of nitrogens with zero attached hydrogens (tertiary/aromatic N) is 23. The number of nitrogens with two attached hydrogens (primary N) is 5. The minimum Gasteiger partial charge on any atom is -0.476 e. The van der Waals surface area contributed by atoms with Crippen molar-refractivity contribution in [2.75, 3.05) is 28.7 Å². The van der Waals surface area contributed by atoms with Crippen LogP contribution >= 0.6 is 58.0 Å². The molecule has 0 radical (unpaired) electrons. The van der Waals surface area contributed by atoms with E-state index in [4.69, 9.17) is 112 Å². The van der Waals surface area contributed by atoms with Crippen LogP contribution in [0.2, 0.25) is 25.8 Å². The van der Waals surface area contributed by atoms with Gasteiger partial charge in [0.2, 0.25) is 5.82 Å². The average Bonchev–Trinajstić information content (AvgIpc) is 4.30.